The fourth-order valence-electron chi connectivity index (χ4n) is 5.80. The molecule has 0 spiro atoms. The first kappa shape index (κ1) is 30.5. The highest BCUT2D eigenvalue weighted by Crippen LogP contribution is 2.50. The van der Waals surface area contributed by atoms with E-state index in [4.69, 9.17) is 28.4 Å². The van der Waals surface area contributed by atoms with Crippen LogP contribution in [-0.4, -0.2) is 59.4 Å². The number of carbonyl (C=O) groups is 3. The topological polar surface area (TPSA) is 119 Å². The Morgan fingerprint density at radius 3 is 2.12 bits per heavy atom. The summed E-state index contributed by atoms with van der Waals surface area (Å²) in [5, 5.41) is 3.30. The molecule has 2 aromatic rings. The van der Waals surface area contributed by atoms with Crippen LogP contribution in [0.15, 0.2) is 58.9 Å². The lowest BCUT2D eigenvalue weighted by Crippen LogP contribution is -2.43. The van der Waals surface area contributed by atoms with Gasteiger partial charge in [-0.05, 0) is 62.6 Å². The zero-order valence-corrected chi connectivity index (χ0v) is 25.0. The molecule has 0 aromatic heterocycles. The van der Waals surface area contributed by atoms with E-state index in [1.807, 2.05) is 18.2 Å². The molecule has 1 aliphatic heterocycles. The quantitative estimate of drug-likeness (QED) is 0.320. The van der Waals surface area contributed by atoms with Crippen LogP contribution in [0.5, 0.6) is 23.0 Å². The number of benzene rings is 2. The minimum absolute atomic E-state index is 0.112. The predicted octanol–water partition coefficient (Wildman–Crippen LogP) is 4.43. The van der Waals surface area contributed by atoms with Gasteiger partial charge in [-0.2, -0.15) is 0 Å². The Hall–Kier alpha value is -4.47. The molecule has 3 atom stereocenters. The molecule has 4 rings (SSSR count). The maximum Gasteiger partial charge on any atom is 0.336 e. The number of hydrogen-bond donors (Lipinski definition) is 1. The maximum atomic E-state index is 14.6. The summed E-state index contributed by atoms with van der Waals surface area (Å²) in [7, 11) is 6.03. The Morgan fingerprint density at radius 2 is 1.55 bits per heavy atom. The number of allylic oxidation sites excluding steroid dienone is 3. The van der Waals surface area contributed by atoms with Crippen molar-refractivity contribution in [3.05, 3.63) is 70.1 Å². The number of Topliss-reactive ketones (excluding diaryl/α,β-unsaturated/α-hetero) is 1. The van der Waals surface area contributed by atoms with E-state index >= 15 is 0 Å². The summed E-state index contributed by atoms with van der Waals surface area (Å²) in [6.07, 6.45) is 0.312. The highest BCUT2D eigenvalue weighted by Gasteiger charge is 2.49. The lowest BCUT2D eigenvalue weighted by Gasteiger charge is -2.39. The molecule has 0 saturated carbocycles. The van der Waals surface area contributed by atoms with Gasteiger partial charge in [-0.25, -0.2) is 4.79 Å². The van der Waals surface area contributed by atoms with Gasteiger partial charge in [0.25, 0.3) is 0 Å². The minimum atomic E-state index is -1.15. The maximum absolute atomic E-state index is 14.6. The molecule has 0 unspecified atom stereocenters. The predicted molar refractivity (Wildman–Crippen MR) is 154 cm³/mol. The third kappa shape index (κ3) is 5.53. The first-order valence-electron chi connectivity index (χ1n) is 13.8. The van der Waals surface area contributed by atoms with Crippen molar-refractivity contribution in [1.82, 2.24) is 5.32 Å². The highest BCUT2D eigenvalue weighted by atomic mass is 16.5. The van der Waals surface area contributed by atoms with Crippen molar-refractivity contribution in [2.45, 2.75) is 39.0 Å². The van der Waals surface area contributed by atoms with E-state index in [1.54, 1.807) is 46.1 Å². The molecule has 0 bridgehead atoms. The molecule has 1 heterocycles. The van der Waals surface area contributed by atoms with E-state index in [2.05, 4.69) is 5.32 Å². The zero-order chi connectivity index (χ0) is 30.6. The van der Waals surface area contributed by atoms with Crippen molar-refractivity contribution in [2.24, 2.45) is 5.92 Å². The van der Waals surface area contributed by atoms with Crippen molar-refractivity contribution >= 4 is 17.7 Å². The molecule has 224 valence electrons. The van der Waals surface area contributed by atoms with Crippen molar-refractivity contribution in [3.8, 4) is 23.0 Å². The van der Waals surface area contributed by atoms with Gasteiger partial charge in [0.2, 0.25) is 5.75 Å². The number of ether oxygens (including phenoxy) is 6. The second kappa shape index (κ2) is 13.0. The fraction of sp³-hybridized carbons (Fsp3) is 0.406. The van der Waals surface area contributed by atoms with Gasteiger partial charge in [0.15, 0.2) is 17.3 Å². The molecule has 10 nitrogen and oxygen atoms in total. The van der Waals surface area contributed by atoms with E-state index in [9.17, 15) is 14.4 Å². The third-order valence-electron chi connectivity index (χ3n) is 7.60. The molecular weight excluding hydrogens is 542 g/mol. The molecule has 0 saturated heterocycles. The van der Waals surface area contributed by atoms with Crippen LogP contribution in [0.25, 0.3) is 0 Å². The van der Waals surface area contributed by atoms with Gasteiger partial charge >= 0.3 is 11.9 Å². The van der Waals surface area contributed by atoms with Crippen molar-refractivity contribution < 1.29 is 42.8 Å². The van der Waals surface area contributed by atoms with E-state index < -0.39 is 35.5 Å². The largest absolute Gasteiger partial charge is 0.497 e. The number of methoxy groups -OCH3 is 4. The van der Waals surface area contributed by atoms with Gasteiger partial charge in [-0.3, -0.25) is 9.59 Å². The van der Waals surface area contributed by atoms with Gasteiger partial charge in [-0.15, -0.1) is 0 Å². The van der Waals surface area contributed by atoms with E-state index in [1.165, 1.54) is 21.3 Å². The summed E-state index contributed by atoms with van der Waals surface area (Å²) in [5.41, 5.74) is 2.99. The standard InChI is InChI=1S/C32H37NO9/c1-8-41-31(35)25-17(3)33-22-16-21(18-11-10-12-20(13-18)37-4)27(32(36)42-9-2)29(34)28(22)26(25)19-14-23(38-5)30(40-7)24(15-19)39-6/h10-15,21,26-27,33H,8-9,16H2,1-7H3/t21-,26-,27-/m1/s1. The number of carbonyl (C=O) groups excluding carboxylic acids is 3. The Kier molecular flexibility index (Phi) is 9.45. The first-order valence-corrected chi connectivity index (χ1v) is 13.8. The van der Waals surface area contributed by atoms with Crippen LogP contribution in [0.1, 0.15) is 50.2 Å². The van der Waals surface area contributed by atoms with Crippen LogP contribution in [-0.2, 0) is 23.9 Å². The number of dihydropyridines is 1. The molecule has 42 heavy (non-hydrogen) atoms. The van der Waals surface area contributed by atoms with Crippen LogP contribution in [0.3, 0.4) is 0 Å². The molecule has 1 N–H and O–H groups in total. The van der Waals surface area contributed by atoms with Crippen molar-refractivity contribution in [1.29, 1.82) is 0 Å². The summed E-state index contributed by atoms with van der Waals surface area (Å²) in [4.78, 5) is 41.5. The van der Waals surface area contributed by atoms with Gasteiger partial charge in [0, 0.05) is 28.8 Å². The smallest absolute Gasteiger partial charge is 0.336 e. The Morgan fingerprint density at radius 1 is 0.881 bits per heavy atom. The number of ketones is 1. The number of nitrogens with one attached hydrogen (secondary N) is 1. The first-order chi connectivity index (χ1) is 20.2. The third-order valence-corrected chi connectivity index (χ3v) is 7.60. The van der Waals surface area contributed by atoms with Crippen LogP contribution < -0.4 is 24.3 Å². The van der Waals surface area contributed by atoms with Crippen molar-refractivity contribution in [3.63, 3.8) is 0 Å². The molecule has 0 amide bonds. The Balaban J connectivity index is 1.97. The van der Waals surface area contributed by atoms with Gasteiger partial charge < -0.3 is 33.7 Å². The number of hydrogen-bond acceptors (Lipinski definition) is 10. The Labute approximate surface area is 245 Å². The second-order valence-corrected chi connectivity index (χ2v) is 9.85. The van der Waals surface area contributed by atoms with Crippen LogP contribution in [0, 0.1) is 5.92 Å². The van der Waals surface area contributed by atoms with E-state index in [0.29, 0.717) is 46.4 Å². The summed E-state index contributed by atoms with van der Waals surface area (Å²) < 4.78 is 33.0. The normalized spacial score (nSPS) is 19.9. The monoisotopic (exact) mass is 579 g/mol. The van der Waals surface area contributed by atoms with Crippen LogP contribution in [0.2, 0.25) is 0 Å². The summed E-state index contributed by atoms with van der Waals surface area (Å²) in [6.45, 7) is 5.43. The van der Waals surface area contributed by atoms with Gasteiger partial charge in [-0.1, -0.05) is 12.1 Å². The fourth-order valence-corrected chi connectivity index (χ4v) is 5.80. The molecule has 2 aromatic carbocycles. The minimum Gasteiger partial charge on any atom is -0.497 e. The zero-order valence-electron chi connectivity index (χ0n) is 25.0. The summed E-state index contributed by atoms with van der Waals surface area (Å²) >= 11 is 0. The second-order valence-electron chi connectivity index (χ2n) is 9.85. The molecular formula is C32H37NO9. The molecule has 2 aliphatic rings. The average molecular weight is 580 g/mol. The average Bonchev–Trinajstić information content (AvgIpc) is 2.99. The van der Waals surface area contributed by atoms with Crippen LogP contribution >= 0.6 is 0 Å². The molecule has 0 radical (unpaired) electrons. The van der Waals surface area contributed by atoms with Crippen molar-refractivity contribution in [2.75, 3.05) is 41.7 Å². The van der Waals surface area contributed by atoms with Gasteiger partial charge in [0.1, 0.15) is 11.7 Å². The van der Waals surface area contributed by atoms with E-state index in [-0.39, 0.29) is 24.4 Å². The SMILES string of the molecule is CCOC(=O)C1=C(C)NC2=C(C(=O)[C@H](C(=O)OCC)[C@@H](c3cccc(OC)c3)C2)[C@@H]1c1cc(OC)c(OC)c(OC)c1. The summed E-state index contributed by atoms with van der Waals surface area (Å²) in [5.74, 6) is -2.54. The van der Waals surface area contributed by atoms with E-state index in [0.717, 1.165) is 5.56 Å². The number of rotatable bonds is 10. The Bertz CT molecular complexity index is 1420. The lowest BCUT2D eigenvalue weighted by molar-refractivity contribution is -0.152. The highest BCUT2D eigenvalue weighted by molar-refractivity contribution is 6.13. The van der Waals surface area contributed by atoms with Crippen LogP contribution in [0.4, 0.5) is 0 Å². The molecule has 10 heteroatoms. The number of esters is 2. The molecule has 1 aliphatic carbocycles. The summed E-state index contributed by atoms with van der Waals surface area (Å²) in [6, 6.07) is 10.7. The lowest BCUT2D eigenvalue weighted by atomic mass is 9.67. The molecule has 0 fully saturated rings. The van der Waals surface area contributed by atoms with Gasteiger partial charge in [0.05, 0.1) is 47.2 Å².